The number of rotatable bonds is 5. The number of halogens is 2. The molecule has 106 valence electrons. The second-order valence-electron chi connectivity index (χ2n) is 4.81. The summed E-state index contributed by atoms with van der Waals surface area (Å²) < 4.78 is 20.7. The molecular weight excluding hydrogens is 321 g/mol. The van der Waals surface area contributed by atoms with Crippen LogP contribution in [0, 0.1) is 5.82 Å². The van der Waals surface area contributed by atoms with E-state index in [-0.39, 0.29) is 11.9 Å². The van der Waals surface area contributed by atoms with Gasteiger partial charge in [0.15, 0.2) is 0 Å². The Morgan fingerprint density at radius 1 is 1.15 bits per heavy atom. The maximum atomic E-state index is 13.9. The van der Waals surface area contributed by atoms with Crippen LogP contribution in [-0.4, -0.2) is 6.04 Å². The van der Waals surface area contributed by atoms with Crippen molar-refractivity contribution in [1.82, 2.24) is 5.32 Å². The topological polar surface area (TPSA) is 21.3 Å². The van der Waals surface area contributed by atoms with E-state index in [0.29, 0.717) is 23.6 Å². The first-order valence-electron chi connectivity index (χ1n) is 6.50. The fourth-order valence-electron chi connectivity index (χ4n) is 1.74. The highest BCUT2D eigenvalue weighted by Gasteiger charge is 2.10. The lowest BCUT2D eigenvalue weighted by atomic mass is 10.1. The lowest BCUT2D eigenvalue weighted by Crippen LogP contribution is -2.22. The van der Waals surface area contributed by atoms with Gasteiger partial charge in [0, 0.05) is 22.6 Å². The normalized spacial score (nSPS) is 10.8. The summed E-state index contributed by atoms with van der Waals surface area (Å²) in [7, 11) is 0. The third kappa shape index (κ3) is 4.05. The number of hydrogen-bond donors (Lipinski definition) is 1. The van der Waals surface area contributed by atoms with E-state index < -0.39 is 0 Å². The number of nitrogens with one attached hydrogen (secondary N) is 1. The minimum absolute atomic E-state index is 0.257. The Hall–Kier alpha value is -1.39. The van der Waals surface area contributed by atoms with Crippen molar-refractivity contribution in [2.24, 2.45) is 0 Å². The van der Waals surface area contributed by atoms with E-state index in [1.54, 1.807) is 12.1 Å². The molecule has 0 aliphatic rings. The van der Waals surface area contributed by atoms with Gasteiger partial charge < -0.3 is 10.1 Å². The Bertz CT molecular complexity index is 569. The monoisotopic (exact) mass is 337 g/mol. The number of benzene rings is 2. The van der Waals surface area contributed by atoms with Gasteiger partial charge in [-0.1, -0.05) is 35.8 Å². The van der Waals surface area contributed by atoms with E-state index in [0.717, 1.165) is 4.47 Å². The maximum absolute atomic E-state index is 13.9. The molecule has 0 aliphatic carbocycles. The zero-order valence-corrected chi connectivity index (χ0v) is 13.1. The number of ether oxygens (including phenoxy) is 1. The van der Waals surface area contributed by atoms with Gasteiger partial charge in [0.25, 0.3) is 0 Å². The molecule has 0 aromatic heterocycles. The SMILES string of the molecule is CC(C)NCc1c(F)cccc1Oc1ccc(Br)cc1. The van der Waals surface area contributed by atoms with Gasteiger partial charge in [-0.3, -0.25) is 0 Å². The van der Waals surface area contributed by atoms with Gasteiger partial charge in [-0.25, -0.2) is 4.39 Å². The van der Waals surface area contributed by atoms with Gasteiger partial charge in [-0.2, -0.15) is 0 Å². The fourth-order valence-corrected chi connectivity index (χ4v) is 2.01. The maximum Gasteiger partial charge on any atom is 0.134 e. The van der Waals surface area contributed by atoms with Crippen molar-refractivity contribution in [3.8, 4) is 11.5 Å². The third-order valence-electron chi connectivity index (χ3n) is 2.80. The van der Waals surface area contributed by atoms with E-state index in [2.05, 4.69) is 21.2 Å². The van der Waals surface area contributed by atoms with Gasteiger partial charge in [-0.15, -0.1) is 0 Å². The highest BCUT2D eigenvalue weighted by atomic mass is 79.9. The summed E-state index contributed by atoms with van der Waals surface area (Å²) in [6.45, 7) is 4.49. The molecule has 2 aromatic rings. The average Bonchev–Trinajstić information content (AvgIpc) is 2.40. The van der Waals surface area contributed by atoms with Crippen LogP contribution < -0.4 is 10.1 Å². The van der Waals surface area contributed by atoms with Gasteiger partial charge in [0.1, 0.15) is 17.3 Å². The summed E-state index contributed by atoms with van der Waals surface area (Å²) >= 11 is 3.37. The summed E-state index contributed by atoms with van der Waals surface area (Å²) in [5.41, 5.74) is 0.545. The minimum atomic E-state index is -0.257. The Labute approximate surface area is 127 Å². The molecule has 0 heterocycles. The van der Waals surface area contributed by atoms with Gasteiger partial charge in [0.2, 0.25) is 0 Å². The average molecular weight is 338 g/mol. The summed E-state index contributed by atoms with van der Waals surface area (Å²) in [6, 6.07) is 12.6. The first kappa shape index (κ1) is 15.0. The van der Waals surface area contributed by atoms with Crippen molar-refractivity contribution < 1.29 is 9.13 Å². The fraction of sp³-hybridized carbons (Fsp3) is 0.250. The van der Waals surface area contributed by atoms with E-state index in [4.69, 9.17) is 4.74 Å². The molecule has 0 saturated carbocycles. The van der Waals surface area contributed by atoms with Crippen LogP contribution in [0.2, 0.25) is 0 Å². The van der Waals surface area contributed by atoms with Crippen LogP contribution >= 0.6 is 15.9 Å². The standard InChI is InChI=1S/C16H17BrFNO/c1-11(2)19-10-14-15(18)4-3-5-16(14)20-13-8-6-12(17)7-9-13/h3-9,11,19H,10H2,1-2H3. The number of hydrogen-bond acceptors (Lipinski definition) is 2. The molecule has 4 heteroatoms. The molecule has 0 amide bonds. The van der Waals surface area contributed by atoms with E-state index in [9.17, 15) is 4.39 Å². The molecule has 1 N–H and O–H groups in total. The third-order valence-corrected chi connectivity index (χ3v) is 3.33. The molecule has 2 aromatic carbocycles. The molecule has 0 radical (unpaired) electrons. The van der Waals surface area contributed by atoms with Crippen LogP contribution in [0.25, 0.3) is 0 Å². The van der Waals surface area contributed by atoms with E-state index >= 15 is 0 Å². The highest BCUT2D eigenvalue weighted by Crippen LogP contribution is 2.28. The van der Waals surface area contributed by atoms with Gasteiger partial charge >= 0.3 is 0 Å². The van der Waals surface area contributed by atoms with Crippen LogP contribution in [0.3, 0.4) is 0 Å². The van der Waals surface area contributed by atoms with Gasteiger partial charge in [-0.05, 0) is 36.4 Å². The van der Waals surface area contributed by atoms with Crippen LogP contribution in [0.5, 0.6) is 11.5 Å². The minimum Gasteiger partial charge on any atom is -0.457 e. The first-order valence-corrected chi connectivity index (χ1v) is 7.30. The molecule has 2 rings (SSSR count). The van der Waals surface area contributed by atoms with Crippen LogP contribution in [0.15, 0.2) is 46.9 Å². The molecule has 0 spiro atoms. The van der Waals surface area contributed by atoms with Crippen LogP contribution in [0.4, 0.5) is 4.39 Å². The van der Waals surface area contributed by atoms with Crippen molar-refractivity contribution in [2.45, 2.75) is 26.4 Å². The van der Waals surface area contributed by atoms with Crippen molar-refractivity contribution in [3.05, 3.63) is 58.3 Å². The van der Waals surface area contributed by atoms with E-state index in [1.165, 1.54) is 6.07 Å². The molecule has 0 aliphatic heterocycles. The molecule has 0 atom stereocenters. The largest absolute Gasteiger partial charge is 0.457 e. The molecular formula is C16H17BrFNO. The first-order chi connectivity index (χ1) is 9.56. The predicted molar refractivity (Wildman–Crippen MR) is 82.6 cm³/mol. The van der Waals surface area contributed by atoms with Gasteiger partial charge in [0.05, 0.1) is 0 Å². The quantitative estimate of drug-likeness (QED) is 0.839. The summed E-state index contributed by atoms with van der Waals surface area (Å²) in [5.74, 6) is 0.970. The summed E-state index contributed by atoms with van der Waals surface area (Å²) in [5, 5.41) is 3.21. The van der Waals surface area contributed by atoms with Crippen molar-refractivity contribution in [1.29, 1.82) is 0 Å². The second-order valence-corrected chi connectivity index (χ2v) is 5.72. The molecule has 20 heavy (non-hydrogen) atoms. The molecule has 0 bridgehead atoms. The van der Waals surface area contributed by atoms with Crippen molar-refractivity contribution >= 4 is 15.9 Å². The van der Waals surface area contributed by atoms with Crippen LogP contribution in [-0.2, 0) is 6.54 Å². The Morgan fingerprint density at radius 2 is 1.85 bits per heavy atom. The van der Waals surface area contributed by atoms with Crippen LogP contribution in [0.1, 0.15) is 19.4 Å². The lowest BCUT2D eigenvalue weighted by molar-refractivity contribution is 0.457. The van der Waals surface area contributed by atoms with E-state index in [1.807, 2.05) is 38.1 Å². The van der Waals surface area contributed by atoms with Crippen molar-refractivity contribution in [2.75, 3.05) is 0 Å². The predicted octanol–water partition coefficient (Wildman–Crippen LogP) is 4.88. The Balaban J connectivity index is 2.22. The summed E-state index contributed by atoms with van der Waals surface area (Å²) in [6.07, 6.45) is 0. The molecule has 0 saturated heterocycles. The zero-order chi connectivity index (χ0) is 14.5. The zero-order valence-electron chi connectivity index (χ0n) is 11.5. The summed E-state index contributed by atoms with van der Waals surface area (Å²) in [4.78, 5) is 0. The molecule has 0 fully saturated rings. The smallest absolute Gasteiger partial charge is 0.134 e. The Morgan fingerprint density at radius 3 is 2.50 bits per heavy atom. The second kappa shape index (κ2) is 6.86. The Kier molecular flexibility index (Phi) is 5.15. The lowest BCUT2D eigenvalue weighted by Gasteiger charge is -2.14. The molecule has 2 nitrogen and oxygen atoms in total. The highest BCUT2D eigenvalue weighted by molar-refractivity contribution is 9.10. The molecule has 0 unspecified atom stereocenters. The van der Waals surface area contributed by atoms with Crippen molar-refractivity contribution in [3.63, 3.8) is 0 Å².